The van der Waals surface area contributed by atoms with Crippen LogP contribution >= 0.6 is 0 Å². The zero-order valence-electron chi connectivity index (χ0n) is 16.6. The van der Waals surface area contributed by atoms with Crippen LogP contribution in [0.25, 0.3) is 0 Å². The third-order valence-electron chi connectivity index (χ3n) is 4.67. The normalized spacial score (nSPS) is 15.9. The molecule has 2 unspecified atom stereocenters. The van der Waals surface area contributed by atoms with E-state index in [0.29, 0.717) is 0 Å². The fraction of sp³-hybridized carbons (Fsp3) is 0.700. The lowest BCUT2D eigenvalue weighted by molar-refractivity contribution is -0.160. The van der Waals surface area contributed by atoms with Gasteiger partial charge in [-0.05, 0) is 45.6 Å². The molecule has 5 heteroatoms. The van der Waals surface area contributed by atoms with Crippen LogP contribution in [0.15, 0.2) is 12.3 Å². The molecule has 0 radical (unpaired) electrons. The van der Waals surface area contributed by atoms with Crippen molar-refractivity contribution in [2.24, 2.45) is 11.8 Å². The smallest absolute Gasteiger partial charge is 0.309 e. The molecular weight excluding hydrogens is 314 g/mol. The molecule has 1 N–H and O–H groups in total. The summed E-state index contributed by atoms with van der Waals surface area (Å²) in [6.07, 6.45) is 3.95. The second-order valence-electron chi connectivity index (χ2n) is 8.08. The first-order chi connectivity index (χ1) is 11.7. The summed E-state index contributed by atoms with van der Waals surface area (Å²) in [7, 11) is 0. The molecule has 5 nitrogen and oxygen atoms in total. The van der Waals surface area contributed by atoms with E-state index in [2.05, 4.69) is 35.1 Å². The molecule has 2 heterocycles. The number of esters is 1. The first-order valence-electron chi connectivity index (χ1n) is 9.42. The lowest BCUT2D eigenvalue weighted by Crippen LogP contribution is -2.37. The van der Waals surface area contributed by atoms with Crippen molar-refractivity contribution in [3.8, 4) is 0 Å². The molecule has 2 atom stereocenters. The number of carbonyl (C=O) groups excluding carboxylic acids is 1. The maximum absolute atomic E-state index is 12.4. The first-order valence-corrected chi connectivity index (χ1v) is 9.42. The maximum atomic E-state index is 12.4. The molecule has 0 spiro atoms. The lowest BCUT2D eigenvalue weighted by atomic mass is 9.94. The largest absolute Gasteiger partial charge is 0.460 e. The highest BCUT2D eigenvalue weighted by molar-refractivity contribution is 5.73. The molecule has 2 rings (SSSR count). The number of nitrogens with zero attached hydrogens (tertiary/aromatic N) is 2. The van der Waals surface area contributed by atoms with Crippen LogP contribution in [-0.4, -0.2) is 36.2 Å². The lowest BCUT2D eigenvalue weighted by Gasteiger charge is -2.32. The van der Waals surface area contributed by atoms with E-state index in [1.54, 1.807) is 0 Å². The second kappa shape index (κ2) is 8.07. The van der Waals surface area contributed by atoms with Gasteiger partial charge in [0.25, 0.3) is 0 Å². The van der Waals surface area contributed by atoms with E-state index in [1.165, 1.54) is 11.3 Å². The Morgan fingerprint density at radius 2 is 2.12 bits per heavy atom. The quantitative estimate of drug-likeness (QED) is 0.759. The standard InChI is InChI=1S/C20H33N3O2/c1-7-12-23(17-9-11-22-18-16(17)8-10-21-18)13-14(2)15(3)19(24)25-20(4,5)6/h9,11,14-15H,7-8,10,12-13H2,1-6H3,(H,21,22). The number of anilines is 2. The molecule has 1 aliphatic heterocycles. The van der Waals surface area contributed by atoms with Crippen molar-refractivity contribution in [2.45, 2.75) is 60.0 Å². The molecule has 140 valence electrons. The number of nitrogens with one attached hydrogen (secondary N) is 1. The minimum absolute atomic E-state index is 0.113. The van der Waals surface area contributed by atoms with Crippen LogP contribution < -0.4 is 10.2 Å². The van der Waals surface area contributed by atoms with E-state index in [9.17, 15) is 4.79 Å². The van der Waals surface area contributed by atoms with Crippen LogP contribution in [-0.2, 0) is 16.0 Å². The summed E-state index contributed by atoms with van der Waals surface area (Å²) in [4.78, 5) is 19.2. The van der Waals surface area contributed by atoms with Crippen LogP contribution in [0.1, 0.15) is 53.5 Å². The minimum atomic E-state index is -0.439. The summed E-state index contributed by atoms with van der Waals surface area (Å²) in [5.41, 5.74) is 2.11. The number of rotatable bonds is 7. The topological polar surface area (TPSA) is 54.5 Å². The number of carbonyl (C=O) groups is 1. The van der Waals surface area contributed by atoms with Crippen molar-refractivity contribution < 1.29 is 9.53 Å². The van der Waals surface area contributed by atoms with Gasteiger partial charge in [0.2, 0.25) is 0 Å². The molecule has 0 aromatic carbocycles. The number of aromatic nitrogens is 1. The fourth-order valence-corrected chi connectivity index (χ4v) is 3.20. The van der Waals surface area contributed by atoms with Crippen LogP contribution in [0, 0.1) is 11.8 Å². The van der Waals surface area contributed by atoms with Crippen molar-refractivity contribution in [1.82, 2.24) is 4.98 Å². The van der Waals surface area contributed by atoms with Crippen molar-refractivity contribution in [3.05, 3.63) is 17.8 Å². The van der Waals surface area contributed by atoms with E-state index in [-0.39, 0.29) is 17.8 Å². The summed E-state index contributed by atoms with van der Waals surface area (Å²) >= 11 is 0. The molecule has 1 aromatic heterocycles. The zero-order chi connectivity index (χ0) is 18.6. The van der Waals surface area contributed by atoms with Crippen molar-refractivity contribution in [1.29, 1.82) is 0 Å². The first kappa shape index (κ1) is 19.5. The maximum Gasteiger partial charge on any atom is 0.309 e. The second-order valence-corrected chi connectivity index (χ2v) is 8.08. The Bertz CT molecular complexity index is 595. The Morgan fingerprint density at radius 1 is 1.40 bits per heavy atom. The number of ether oxygens (including phenoxy) is 1. The summed E-state index contributed by atoms with van der Waals surface area (Å²) in [6, 6.07) is 2.10. The SMILES string of the molecule is CCCN(CC(C)C(C)C(=O)OC(C)(C)C)c1ccnc2c1CCN2. The van der Waals surface area contributed by atoms with Gasteiger partial charge in [-0.25, -0.2) is 4.98 Å². The fourth-order valence-electron chi connectivity index (χ4n) is 3.20. The third-order valence-corrected chi connectivity index (χ3v) is 4.67. The molecule has 0 fully saturated rings. The minimum Gasteiger partial charge on any atom is -0.460 e. The van der Waals surface area contributed by atoms with Crippen molar-refractivity contribution in [2.75, 3.05) is 29.9 Å². The van der Waals surface area contributed by atoms with Crippen LogP contribution in [0.4, 0.5) is 11.5 Å². The molecule has 1 aliphatic rings. The van der Waals surface area contributed by atoms with E-state index >= 15 is 0 Å². The van der Waals surface area contributed by atoms with Crippen molar-refractivity contribution >= 4 is 17.5 Å². The van der Waals surface area contributed by atoms with Gasteiger partial charge >= 0.3 is 5.97 Å². The van der Waals surface area contributed by atoms with Crippen LogP contribution in [0.5, 0.6) is 0 Å². The zero-order valence-corrected chi connectivity index (χ0v) is 16.6. The van der Waals surface area contributed by atoms with Gasteiger partial charge in [-0.1, -0.05) is 20.8 Å². The molecular formula is C20H33N3O2. The Balaban J connectivity index is 2.11. The number of hydrogen-bond acceptors (Lipinski definition) is 5. The Labute approximate surface area is 152 Å². The monoisotopic (exact) mass is 347 g/mol. The molecule has 0 bridgehead atoms. The summed E-state index contributed by atoms with van der Waals surface area (Å²) in [6.45, 7) is 14.8. The number of hydrogen-bond donors (Lipinski definition) is 1. The van der Waals surface area contributed by atoms with Gasteiger partial charge in [0, 0.05) is 37.1 Å². The van der Waals surface area contributed by atoms with E-state index in [0.717, 1.165) is 38.3 Å². The predicted octanol–water partition coefficient (Wildman–Crippen LogP) is 3.88. The Morgan fingerprint density at radius 3 is 2.76 bits per heavy atom. The number of pyridine rings is 1. The van der Waals surface area contributed by atoms with Crippen molar-refractivity contribution in [3.63, 3.8) is 0 Å². The van der Waals surface area contributed by atoms with E-state index < -0.39 is 5.60 Å². The summed E-state index contributed by atoms with van der Waals surface area (Å²) in [5.74, 6) is 0.968. The molecule has 0 aliphatic carbocycles. The average molecular weight is 348 g/mol. The van der Waals surface area contributed by atoms with Gasteiger partial charge in [-0.2, -0.15) is 0 Å². The van der Waals surface area contributed by atoms with Gasteiger partial charge in [-0.15, -0.1) is 0 Å². The van der Waals surface area contributed by atoms with Gasteiger partial charge in [0.1, 0.15) is 11.4 Å². The highest BCUT2D eigenvalue weighted by Crippen LogP contribution is 2.31. The predicted molar refractivity (Wildman–Crippen MR) is 103 cm³/mol. The molecule has 0 saturated carbocycles. The molecule has 1 aromatic rings. The van der Waals surface area contributed by atoms with Gasteiger partial charge in [0.05, 0.1) is 5.92 Å². The molecule has 0 amide bonds. The van der Waals surface area contributed by atoms with Gasteiger partial charge < -0.3 is 15.0 Å². The third kappa shape index (κ3) is 5.10. The molecule has 25 heavy (non-hydrogen) atoms. The highest BCUT2D eigenvalue weighted by Gasteiger charge is 2.28. The highest BCUT2D eigenvalue weighted by atomic mass is 16.6. The summed E-state index contributed by atoms with van der Waals surface area (Å²) in [5, 5.41) is 3.35. The van der Waals surface area contributed by atoms with E-state index in [4.69, 9.17) is 4.74 Å². The number of fused-ring (bicyclic) bond motifs is 1. The van der Waals surface area contributed by atoms with Gasteiger partial charge in [-0.3, -0.25) is 4.79 Å². The molecule has 0 saturated heterocycles. The van der Waals surface area contributed by atoms with Crippen LogP contribution in [0.3, 0.4) is 0 Å². The van der Waals surface area contributed by atoms with Gasteiger partial charge in [0.15, 0.2) is 0 Å². The average Bonchev–Trinajstić information content (AvgIpc) is 3.00. The van der Waals surface area contributed by atoms with E-state index in [1.807, 2.05) is 33.9 Å². The summed E-state index contributed by atoms with van der Waals surface area (Å²) < 4.78 is 5.56. The Hall–Kier alpha value is -1.78. The Kier molecular flexibility index (Phi) is 6.31. The van der Waals surface area contributed by atoms with Crippen LogP contribution in [0.2, 0.25) is 0 Å².